The Balaban J connectivity index is 1.13. The number of amides is 3. The van der Waals surface area contributed by atoms with Gasteiger partial charge in [0.25, 0.3) is 11.8 Å². The van der Waals surface area contributed by atoms with Crippen LogP contribution in [0.1, 0.15) is 69.9 Å². The molecule has 3 aromatic rings. The Hall–Kier alpha value is -3.52. The van der Waals surface area contributed by atoms with Crippen LogP contribution in [0, 0.1) is 11.8 Å². The van der Waals surface area contributed by atoms with E-state index in [-0.39, 0.29) is 23.6 Å². The number of anilines is 1. The first-order valence-corrected chi connectivity index (χ1v) is 14.9. The molecule has 3 amide bonds. The third-order valence-electron chi connectivity index (χ3n) is 8.53. The summed E-state index contributed by atoms with van der Waals surface area (Å²) >= 11 is 1.44. The van der Waals surface area contributed by atoms with Crippen LogP contribution in [0.25, 0.3) is 0 Å². The highest BCUT2D eigenvalue weighted by Gasteiger charge is 2.43. The van der Waals surface area contributed by atoms with Gasteiger partial charge in [-0.1, -0.05) is 36.4 Å². The Kier molecular flexibility index (Phi) is 7.21. The van der Waals surface area contributed by atoms with Crippen molar-refractivity contribution >= 4 is 34.7 Å². The number of hydrogen-bond donors (Lipinski definition) is 0. The van der Waals surface area contributed by atoms with Gasteiger partial charge in [-0.3, -0.25) is 19.3 Å². The van der Waals surface area contributed by atoms with E-state index in [1.807, 2.05) is 24.4 Å². The maximum absolute atomic E-state index is 13.6. The smallest absolute Gasteiger partial charge is 0.264 e. The number of nitrogens with zero attached hydrogens (tertiary/aromatic N) is 4. The number of benzene rings is 2. The minimum atomic E-state index is -0.425. The molecule has 0 spiro atoms. The minimum Gasteiger partial charge on any atom is -0.370 e. The average molecular weight is 543 g/mol. The molecule has 0 bridgehead atoms. The highest BCUT2D eigenvalue weighted by molar-refractivity contribution is 7.09. The third kappa shape index (κ3) is 4.98. The Morgan fingerprint density at radius 3 is 2.54 bits per heavy atom. The lowest BCUT2D eigenvalue weighted by atomic mass is 9.88. The second-order valence-corrected chi connectivity index (χ2v) is 11.9. The van der Waals surface area contributed by atoms with Crippen LogP contribution in [0.3, 0.4) is 0 Å². The maximum Gasteiger partial charge on any atom is 0.264 e. The number of carbonyl (C=O) groups excluding carboxylic acids is 3. The van der Waals surface area contributed by atoms with E-state index in [2.05, 4.69) is 45.1 Å². The predicted octanol–water partition coefficient (Wildman–Crippen LogP) is 5.20. The monoisotopic (exact) mass is 542 g/mol. The zero-order valence-electron chi connectivity index (χ0n) is 22.3. The first kappa shape index (κ1) is 25.7. The minimum absolute atomic E-state index is 0.0992. The van der Waals surface area contributed by atoms with E-state index >= 15 is 0 Å². The van der Waals surface area contributed by atoms with Crippen LogP contribution < -0.4 is 4.90 Å². The lowest BCUT2D eigenvalue weighted by Crippen LogP contribution is -2.47. The Labute approximate surface area is 233 Å². The molecular weight excluding hydrogens is 508 g/mol. The molecule has 7 nitrogen and oxygen atoms in total. The van der Waals surface area contributed by atoms with Gasteiger partial charge in [0.2, 0.25) is 5.91 Å². The third-order valence-corrected chi connectivity index (χ3v) is 9.47. The molecule has 1 aromatic heterocycles. The SMILES string of the molecule is C[C@@H](c1nccs1)N1C(=O)c2cccc(N3CCC[C@@H](C(=O)N4CCC(Cc5ccccc5)CC4)C3)c2C1=O. The Morgan fingerprint density at radius 1 is 1.00 bits per heavy atom. The van der Waals surface area contributed by atoms with Gasteiger partial charge in [0, 0.05) is 37.8 Å². The first-order chi connectivity index (χ1) is 19.0. The van der Waals surface area contributed by atoms with Crippen LogP contribution in [-0.2, 0) is 11.2 Å². The number of imide groups is 1. The fraction of sp³-hybridized carbons (Fsp3) is 0.419. The molecular formula is C31H34N4O3S. The summed E-state index contributed by atoms with van der Waals surface area (Å²) in [4.78, 5) is 50.4. The van der Waals surface area contributed by atoms with E-state index in [0.29, 0.717) is 23.6 Å². The number of piperidine rings is 2. The molecule has 2 saturated heterocycles. The molecule has 0 aliphatic carbocycles. The number of aromatic nitrogens is 1. The molecule has 2 atom stereocenters. The second kappa shape index (κ2) is 10.9. The van der Waals surface area contributed by atoms with Crippen LogP contribution in [0.2, 0.25) is 0 Å². The number of rotatable bonds is 6. The van der Waals surface area contributed by atoms with Gasteiger partial charge in [0.15, 0.2) is 0 Å². The second-order valence-electron chi connectivity index (χ2n) is 11.0. The first-order valence-electron chi connectivity index (χ1n) is 14.0. The summed E-state index contributed by atoms with van der Waals surface area (Å²) in [5.41, 5.74) is 3.03. The van der Waals surface area contributed by atoms with E-state index in [9.17, 15) is 14.4 Å². The summed E-state index contributed by atoms with van der Waals surface area (Å²) < 4.78 is 0. The van der Waals surface area contributed by atoms with Crippen molar-refractivity contribution in [3.8, 4) is 0 Å². The van der Waals surface area contributed by atoms with Crippen LogP contribution in [0.5, 0.6) is 0 Å². The van der Waals surface area contributed by atoms with Crippen LogP contribution in [0.15, 0.2) is 60.1 Å². The van der Waals surface area contributed by atoms with Gasteiger partial charge in [-0.25, -0.2) is 4.98 Å². The lowest BCUT2D eigenvalue weighted by Gasteiger charge is -2.39. The molecule has 8 heteroatoms. The van der Waals surface area contributed by atoms with Crippen molar-refractivity contribution in [3.63, 3.8) is 0 Å². The molecule has 0 radical (unpaired) electrons. The van der Waals surface area contributed by atoms with Gasteiger partial charge in [0.1, 0.15) is 5.01 Å². The Bertz CT molecular complexity index is 1350. The van der Waals surface area contributed by atoms with Crippen molar-refractivity contribution < 1.29 is 14.4 Å². The standard InChI is InChI=1S/C31H34N4O3S/c1-21(28-32-14-18-39-28)35-30(37)25-10-5-11-26(27(25)31(35)38)34-15-6-9-24(20-34)29(36)33-16-12-23(13-17-33)19-22-7-3-2-4-8-22/h2-5,7-8,10-11,14,18,21,23-24H,6,9,12-13,15-17,19-20H2,1H3/t21-,24+/m0/s1. The highest BCUT2D eigenvalue weighted by Crippen LogP contribution is 2.38. The Morgan fingerprint density at radius 2 is 1.79 bits per heavy atom. The van der Waals surface area contributed by atoms with Crippen molar-refractivity contribution in [1.29, 1.82) is 0 Å². The molecule has 6 rings (SSSR count). The van der Waals surface area contributed by atoms with E-state index < -0.39 is 6.04 Å². The number of likely N-dealkylation sites (tertiary alicyclic amines) is 1. The van der Waals surface area contributed by atoms with E-state index in [1.54, 1.807) is 12.3 Å². The van der Waals surface area contributed by atoms with Crippen molar-refractivity contribution in [1.82, 2.24) is 14.8 Å². The van der Waals surface area contributed by atoms with E-state index in [0.717, 1.165) is 62.4 Å². The van der Waals surface area contributed by atoms with E-state index in [4.69, 9.17) is 0 Å². The molecule has 0 saturated carbocycles. The van der Waals surface area contributed by atoms with Crippen molar-refractivity contribution in [2.75, 3.05) is 31.1 Å². The molecule has 4 heterocycles. The van der Waals surface area contributed by atoms with Crippen LogP contribution in [-0.4, -0.2) is 58.7 Å². The molecule has 2 fully saturated rings. The molecule has 2 aromatic carbocycles. The number of thiazole rings is 1. The molecule has 0 N–H and O–H groups in total. The maximum atomic E-state index is 13.6. The normalized spacial score (nSPS) is 20.8. The summed E-state index contributed by atoms with van der Waals surface area (Å²) in [5, 5.41) is 2.59. The highest BCUT2D eigenvalue weighted by atomic mass is 32.1. The summed E-state index contributed by atoms with van der Waals surface area (Å²) in [6.07, 6.45) is 6.57. The molecule has 3 aliphatic heterocycles. The molecule has 39 heavy (non-hydrogen) atoms. The number of fused-ring (bicyclic) bond motifs is 1. The van der Waals surface area contributed by atoms with E-state index in [1.165, 1.54) is 21.8 Å². The summed E-state index contributed by atoms with van der Waals surface area (Å²) in [6.45, 7) is 4.80. The molecule has 0 unspecified atom stereocenters. The largest absolute Gasteiger partial charge is 0.370 e. The average Bonchev–Trinajstić information content (AvgIpc) is 3.60. The zero-order chi connectivity index (χ0) is 26.9. The lowest BCUT2D eigenvalue weighted by molar-refractivity contribution is -0.137. The quantitative estimate of drug-likeness (QED) is 0.401. The van der Waals surface area contributed by atoms with Gasteiger partial charge in [-0.15, -0.1) is 11.3 Å². The summed E-state index contributed by atoms with van der Waals surface area (Å²) in [6, 6.07) is 15.7. The molecule has 202 valence electrons. The van der Waals surface area contributed by atoms with Crippen LogP contribution in [0.4, 0.5) is 5.69 Å². The zero-order valence-corrected chi connectivity index (χ0v) is 23.1. The van der Waals surface area contributed by atoms with Gasteiger partial charge in [0.05, 0.1) is 28.8 Å². The van der Waals surface area contributed by atoms with Gasteiger partial charge in [-0.05, 0) is 62.6 Å². The van der Waals surface area contributed by atoms with Crippen molar-refractivity contribution in [3.05, 3.63) is 81.8 Å². The fourth-order valence-corrected chi connectivity index (χ4v) is 7.10. The van der Waals surface area contributed by atoms with Gasteiger partial charge < -0.3 is 9.80 Å². The fourth-order valence-electron chi connectivity index (χ4n) is 6.41. The van der Waals surface area contributed by atoms with Crippen LogP contribution >= 0.6 is 11.3 Å². The van der Waals surface area contributed by atoms with Crippen molar-refractivity contribution in [2.24, 2.45) is 11.8 Å². The summed E-state index contributed by atoms with van der Waals surface area (Å²) in [7, 11) is 0. The predicted molar refractivity (Wildman–Crippen MR) is 152 cm³/mol. The number of carbonyl (C=O) groups is 3. The van der Waals surface area contributed by atoms with Crippen molar-refractivity contribution in [2.45, 2.75) is 45.1 Å². The van der Waals surface area contributed by atoms with Gasteiger partial charge >= 0.3 is 0 Å². The molecule has 3 aliphatic rings. The van der Waals surface area contributed by atoms with Gasteiger partial charge in [-0.2, -0.15) is 0 Å². The topological polar surface area (TPSA) is 73.8 Å². The number of hydrogen-bond acceptors (Lipinski definition) is 6. The summed E-state index contributed by atoms with van der Waals surface area (Å²) in [5.74, 6) is 0.193.